The minimum absolute atomic E-state index is 0.206. The van der Waals surface area contributed by atoms with Crippen molar-refractivity contribution in [1.29, 1.82) is 5.26 Å². The third-order valence-corrected chi connectivity index (χ3v) is 2.60. The molecule has 1 amide bonds. The van der Waals surface area contributed by atoms with Gasteiger partial charge in [-0.1, -0.05) is 32.0 Å². The van der Waals surface area contributed by atoms with Gasteiger partial charge in [-0.2, -0.15) is 5.26 Å². The number of hydrogen-bond donors (Lipinski definition) is 1. The molecule has 0 heterocycles. The topological polar surface area (TPSA) is 52.9 Å². The molecule has 18 heavy (non-hydrogen) atoms. The van der Waals surface area contributed by atoms with E-state index in [9.17, 15) is 9.18 Å². The van der Waals surface area contributed by atoms with Gasteiger partial charge >= 0.3 is 0 Å². The number of halogens is 1. The molecule has 0 saturated carbocycles. The summed E-state index contributed by atoms with van der Waals surface area (Å²) in [5.41, 5.74) is 0.206. The zero-order chi connectivity index (χ0) is 13.5. The van der Waals surface area contributed by atoms with Crippen molar-refractivity contribution in [3.8, 4) is 6.07 Å². The number of nitrogens with one attached hydrogen (secondary N) is 1. The Morgan fingerprint density at radius 3 is 2.67 bits per heavy atom. The molecule has 0 aliphatic rings. The van der Waals surface area contributed by atoms with E-state index in [0.717, 1.165) is 6.42 Å². The van der Waals surface area contributed by atoms with Crippen LogP contribution in [0.1, 0.15) is 38.3 Å². The van der Waals surface area contributed by atoms with Gasteiger partial charge in [-0.3, -0.25) is 4.79 Å². The second kappa shape index (κ2) is 6.75. The molecule has 1 aromatic rings. The number of carbonyl (C=O) groups is 1. The molecule has 0 radical (unpaired) electrons. The minimum Gasteiger partial charge on any atom is -0.337 e. The SMILES string of the molecule is CC(C)CCC(=O)NC(C#N)c1ccccc1F. The van der Waals surface area contributed by atoms with Gasteiger partial charge in [-0.05, 0) is 18.4 Å². The summed E-state index contributed by atoms with van der Waals surface area (Å²) in [7, 11) is 0. The molecule has 1 unspecified atom stereocenters. The van der Waals surface area contributed by atoms with Crippen LogP contribution in [-0.2, 0) is 4.79 Å². The van der Waals surface area contributed by atoms with Crippen LogP contribution >= 0.6 is 0 Å². The first-order chi connectivity index (χ1) is 8.54. The molecular weight excluding hydrogens is 231 g/mol. The molecule has 3 nitrogen and oxygen atoms in total. The largest absolute Gasteiger partial charge is 0.337 e. The highest BCUT2D eigenvalue weighted by Gasteiger charge is 2.17. The molecular formula is C14H17FN2O. The summed E-state index contributed by atoms with van der Waals surface area (Å²) >= 11 is 0. The van der Waals surface area contributed by atoms with Gasteiger partial charge in [-0.15, -0.1) is 0 Å². The molecule has 4 heteroatoms. The van der Waals surface area contributed by atoms with Gasteiger partial charge in [-0.25, -0.2) is 4.39 Å². The summed E-state index contributed by atoms with van der Waals surface area (Å²) in [6.45, 7) is 4.04. The van der Waals surface area contributed by atoms with Crippen LogP contribution in [0.3, 0.4) is 0 Å². The van der Waals surface area contributed by atoms with Crippen molar-refractivity contribution in [2.24, 2.45) is 5.92 Å². The lowest BCUT2D eigenvalue weighted by Crippen LogP contribution is -2.28. The lowest BCUT2D eigenvalue weighted by molar-refractivity contribution is -0.121. The molecule has 0 saturated heterocycles. The molecule has 1 atom stereocenters. The van der Waals surface area contributed by atoms with E-state index in [4.69, 9.17) is 5.26 Å². The third-order valence-electron chi connectivity index (χ3n) is 2.60. The fourth-order valence-electron chi connectivity index (χ4n) is 1.54. The summed E-state index contributed by atoms with van der Waals surface area (Å²) in [6.07, 6.45) is 1.10. The van der Waals surface area contributed by atoms with E-state index in [2.05, 4.69) is 5.32 Å². The zero-order valence-corrected chi connectivity index (χ0v) is 10.6. The van der Waals surface area contributed by atoms with Crippen molar-refractivity contribution in [3.05, 3.63) is 35.6 Å². The smallest absolute Gasteiger partial charge is 0.221 e. The molecule has 0 aliphatic carbocycles. The highest BCUT2D eigenvalue weighted by molar-refractivity contribution is 5.76. The van der Waals surface area contributed by atoms with E-state index < -0.39 is 11.9 Å². The molecule has 1 rings (SSSR count). The average molecular weight is 248 g/mol. The average Bonchev–Trinajstić information content (AvgIpc) is 2.34. The van der Waals surface area contributed by atoms with Crippen LogP contribution in [0.25, 0.3) is 0 Å². The zero-order valence-electron chi connectivity index (χ0n) is 10.6. The Kier molecular flexibility index (Phi) is 5.31. The predicted octanol–water partition coefficient (Wildman–Crippen LogP) is 2.94. The molecule has 0 fully saturated rings. The molecule has 1 aromatic carbocycles. The van der Waals surface area contributed by atoms with Gasteiger partial charge in [0.1, 0.15) is 11.9 Å². The monoisotopic (exact) mass is 248 g/mol. The van der Waals surface area contributed by atoms with Gasteiger partial charge in [0.2, 0.25) is 5.91 Å². The summed E-state index contributed by atoms with van der Waals surface area (Å²) in [4.78, 5) is 11.6. The lowest BCUT2D eigenvalue weighted by Gasteiger charge is -2.13. The molecule has 0 aromatic heterocycles. The Morgan fingerprint density at radius 2 is 2.11 bits per heavy atom. The van der Waals surface area contributed by atoms with E-state index in [1.807, 2.05) is 19.9 Å². The Labute approximate surface area is 107 Å². The highest BCUT2D eigenvalue weighted by Crippen LogP contribution is 2.16. The van der Waals surface area contributed by atoms with Crippen molar-refractivity contribution in [3.63, 3.8) is 0 Å². The van der Waals surface area contributed by atoms with Crippen LogP contribution in [0.5, 0.6) is 0 Å². The number of benzene rings is 1. The van der Waals surface area contributed by atoms with Crippen molar-refractivity contribution in [2.75, 3.05) is 0 Å². The second-order valence-corrected chi connectivity index (χ2v) is 4.58. The first-order valence-corrected chi connectivity index (χ1v) is 5.98. The summed E-state index contributed by atoms with van der Waals surface area (Å²) in [5.74, 6) is -0.281. The summed E-state index contributed by atoms with van der Waals surface area (Å²) in [6, 6.07) is 6.96. The highest BCUT2D eigenvalue weighted by atomic mass is 19.1. The Hall–Kier alpha value is -1.89. The van der Waals surface area contributed by atoms with Gasteiger partial charge in [0.25, 0.3) is 0 Å². The molecule has 0 spiro atoms. The number of carbonyl (C=O) groups excluding carboxylic acids is 1. The Balaban J connectivity index is 2.66. The first kappa shape index (κ1) is 14.2. The summed E-state index contributed by atoms with van der Waals surface area (Å²) in [5, 5.41) is 11.5. The van der Waals surface area contributed by atoms with Gasteiger partial charge < -0.3 is 5.32 Å². The minimum atomic E-state index is -0.925. The van der Waals surface area contributed by atoms with E-state index in [1.165, 1.54) is 12.1 Å². The van der Waals surface area contributed by atoms with Crippen LogP contribution in [0.15, 0.2) is 24.3 Å². The number of hydrogen-bond acceptors (Lipinski definition) is 2. The van der Waals surface area contributed by atoms with Gasteiger partial charge in [0, 0.05) is 12.0 Å². The number of nitrogens with zero attached hydrogens (tertiary/aromatic N) is 1. The summed E-state index contributed by atoms with van der Waals surface area (Å²) < 4.78 is 13.5. The molecule has 96 valence electrons. The van der Waals surface area contributed by atoms with Crippen molar-refractivity contribution in [1.82, 2.24) is 5.32 Å². The van der Waals surface area contributed by atoms with Crippen LogP contribution < -0.4 is 5.32 Å². The van der Waals surface area contributed by atoms with Crippen molar-refractivity contribution >= 4 is 5.91 Å². The van der Waals surface area contributed by atoms with Crippen molar-refractivity contribution in [2.45, 2.75) is 32.7 Å². The fourth-order valence-corrected chi connectivity index (χ4v) is 1.54. The van der Waals surface area contributed by atoms with Crippen LogP contribution in [-0.4, -0.2) is 5.91 Å². The second-order valence-electron chi connectivity index (χ2n) is 4.58. The quantitative estimate of drug-likeness (QED) is 0.871. The van der Waals surface area contributed by atoms with Crippen molar-refractivity contribution < 1.29 is 9.18 Å². The normalized spacial score (nSPS) is 11.9. The van der Waals surface area contributed by atoms with Gasteiger partial charge in [0.15, 0.2) is 0 Å². The number of rotatable bonds is 5. The Morgan fingerprint density at radius 1 is 1.44 bits per heavy atom. The standard InChI is InChI=1S/C14H17FN2O/c1-10(2)7-8-14(18)17-13(9-16)11-5-3-4-6-12(11)15/h3-6,10,13H,7-8H2,1-2H3,(H,17,18). The molecule has 0 bridgehead atoms. The number of nitriles is 1. The maximum Gasteiger partial charge on any atom is 0.221 e. The van der Waals surface area contributed by atoms with E-state index in [-0.39, 0.29) is 11.5 Å². The maximum absolute atomic E-state index is 13.5. The van der Waals surface area contributed by atoms with E-state index in [1.54, 1.807) is 12.1 Å². The molecule has 1 N–H and O–H groups in total. The maximum atomic E-state index is 13.5. The van der Waals surface area contributed by atoms with E-state index >= 15 is 0 Å². The lowest BCUT2D eigenvalue weighted by atomic mass is 10.1. The molecule has 0 aliphatic heterocycles. The van der Waals surface area contributed by atoms with Crippen LogP contribution in [0, 0.1) is 23.1 Å². The van der Waals surface area contributed by atoms with E-state index in [0.29, 0.717) is 12.3 Å². The first-order valence-electron chi connectivity index (χ1n) is 5.98. The van der Waals surface area contributed by atoms with Crippen LogP contribution in [0.2, 0.25) is 0 Å². The third kappa shape index (κ3) is 4.17. The predicted molar refractivity (Wildman–Crippen MR) is 67.0 cm³/mol. The number of amides is 1. The Bertz CT molecular complexity index is 451. The van der Waals surface area contributed by atoms with Gasteiger partial charge in [0.05, 0.1) is 6.07 Å². The fraction of sp³-hybridized carbons (Fsp3) is 0.429. The van der Waals surface area contributed by atoms with Crippen LogP contribution in [0.4, 0.5) is 4.39 Å².